The predicted molar refractivity (Wildman–Crippen MR) is 159 cm³/mol. The van der Waals surface area contributed by atoms with Crippen molar-refractivity contribution in [2.24, 2.45) is 0 Å². The number of carbonyl (C=O) groups is 1. The molecule has 0 saturated heterocycles. The zero-order valence-electron chi connectivity index (χ0n) is 23.0. The summed E-state index contributed by atoms with van der Waals surface area (Å²) in [7, 11) is -1.20. The minimum atomic E-state index is -1.20. The van der Waals surface area contributed by atoms with E-state index in [1.807, 2.05) is 90.6 Å². The van der Waals surface area contributed by atoms with E-state index in [-0.39, 0.29) is 17.9 Å². The van der Waals surface area contributed by atoms with E-state index in [0.29, 0.717) is 22.9 Å². The van der Waals surface area contributed by atoms with E-state index in [2.05, 4.69) is 36.2 Å². The monoisotopic (exact) mass is 552 g/mol. The number of benzene rings is 3. The van der Waals surface area contributed by atoms with Gasteiger partial charge in [0.15, 0.2) is 0 Å². The van der Waals surface area contributed by atoms with E-state index < -0.39 is 10.8 Å². The number of pyridine rings is 1. The number of hydrogen-bond donors (Lipinski definition) is 1. The van der Waals surface area contributed by atoms with Gasteiger partial charge in [0.2, 0.25) is 5.91 Å². The number of nitrogens with zero attached hydrogens (tertiary/aromatic N) is 3. The molecule has 0 saturated carbocycles. The van der Waals surface area contributed by atoms with Gasteiger partial charge in [-0.25, -0.2) is 0 Å². The zero-order chi connectivity index (χ0) is 28.3. The van der Waals surface area contributed by atoms with Crippen molar-refractivity contribution < 1.29 is 13.7 Å². The molecule has 1 amide bonds. The quantitative estimate of drug-likeness (QED) is 0.229. The van der Waals surface area contributed by atoms with E-state index in [0.717, 1.165) is 32.5 Å². The molecule has 0 bridgehead atoms. The molecule has 7 nitrogen and oxygen atoms in total. The Kier molecular flexibility index (Phi) is 7.80. The Morgan fingerprint density at radius 2 is 1.77 bits per heavy atom. The van der Waals surface area contributed by atoms with Gasteiger partial charge in [-0.2, -0.15) is 5.10 Å². The smallest absolute Gasteiger partial charge is 0.228 e. The molecule has 0 aliphatic rings. The molecule has 1 N–H and O–H groups in total. The number of nitrogens with one attached hydrogen (secondary N) is 1. The number of rotatable bonds is 8. The minimum Gasteiger partial charge on any atom is -0.456 e. The fraction of sp³-hybridized carbons (Fsp3) is 0.219. The lowest BCUT2D eigenvalue weighted by Crippen LogP contribution is -2.22. The van der Waals surface area contributed by atoms with Crippen LogP contribution in [0.4, 0.5) is 5.69 Å². The van der Waals surface area contributed by atoms with Crippen LogP contribution in [-0.2, 0) is 33.3 Å². The molecule has 3 aromatic carbocycles. The lowest BCUT2D eigenvalue weighted by atomic mass is 10.1. The summed E-state index contributed by atoms with van der Waals surface area (Å²) >= 11 is 0. The lowest BCUT2D eigenvalue weighted by Gasteiger charge is -2.18. The molecule has 0 aliphatic heterocycles. The molecule has 2 heterocycles. The summed E-state index contributed by atoms with van der Waals surface area (Å²) in [4.78, 5) is 17.8. The van der Waals surface area contributed by atoms with E-state index in [9.17, 15) is 9.00 Å². The fourth-order valence-corrected chi connectivity index (χ4v) is 5.47. The highest BCUT2D eigenvalue weighted by molar-refractivity contribution is 7.84. The second-order valence-corrected chi connectivity index (χ2v) is 12.2. The molecule has 40 heavy (non-hydrogen) atoms. The molecule has 5 aromatic rings. The molecule has 0 spiro atoms. The van der Waals surface area contributed by atoms with Crippen LogP contribution in [0.25, 0.3) is 10.9 Å². The van der Waals surface area contributed by atoms with Gasteiger partial charge in [0.1, 0.15) is 11.5 Å². The van der Waals surface area contributed by atoms with Crippen LogP contribution < -0.4 is 10.1 Å². The Balaban J connectivity index is 1.30. The van der Waals surface area contributed by atoms with E-state index >= 15 is 0 Å². The molecular formula is C32H32N4O3S. The minimum absolute atomic E-state index is 0.113. The van der Waals surface area contributed by atoms with Gasteiger partial charge < -0.3 is 10.1 Å². The van der Waals surface area contributed by atoms with Crippen molar-refractivity contribution in [2.45, 2.75) is 50.3 Å². The summed E-state index contributed by atoms with van der Waals surface area (Å²) in [6, 6.07) is 23.0. The van der Waals surface area contributed by atoms with Gasteiger partial charge in [-0.3, -0.25) is 18.7 Å². The average molecular weight is 553 g/mol. The van der Waals surface area contributed by atoms with Crippen molar-refractivity contribution >= 4 is 33.3 Å². The SMILES string of the molecule is Cc1cc(CC(=O)Nc2cnn(C(C)(C)C)c2)ccc1Oc1ccnc2ccc([S@](=O)Cc3ccccc3)cc12. The van der Waals surface area contributed by atoms with Crippen molar-refractivity contribution in [3.8, 4) is 11.5 Å². The molecule has 204 valence electrons. The third-order valence-corrected chi connectivity index (χ3v) is 7.83. The molecule has 8 heteroatoms. The Bertz CT molecular complexity index is 1690. The lowest BCUT2D eigenvalue weighted by molar-refractivity contribution is -0.115. The first kappa shape index (κ1) is 27.3. The normalized spacial score (nSPS) is 12.3. The predicted octanol–water partition coefficient (Wildman–Crippen LogP) is 6.78. The van der Waals surface area contributed by atoms with Crippen LogP contribution in [0.5, 0.6) is 11.5 Å². The van der Waals surface area contributed by atoms with Gasteiger partial charge in [0, 0.05) is 22.7 Å². The number of carbonyl (C=O) groups excluding carboxylic acids is 1. The largest absolute Gasteiger partial charge is 0.456 e. The van der Waals surface area contributed by atoms with Gasteiger partial charge in [-0.15, -0.1) is 0 Å². The maximum Gasteiger partial charge on any atom is 0.228 e. The number of fused-ring (bicyclic) bond motifs is 1. The number of aromatic nitrogens is 3. The second kappa shape index (κ2) is 11.4. The van der Waals surface area contributed by atoms with E-state index in [1.165, 1.54) is 0 Å². The van der Waals surface area contributed by atoms with Crippen LogP contribution in [0.1, 0.15) is 37.5 Å². The van der Waals surface area contributed by atoms with Gasteiger partial charge in [-0.05, 0) is 74.7 Å². The third kappa shape index (κ3) is 6.46. The number of aryl methyl sites for hydroxylation is 1. The maximum atomic E-state index is 13.1. The average Bonchev–Trinajstić information content (AvgIpc) is 3.40. The van der Waals surface area contributed by atoms with Crippen LogP contribution in [0.2, 0.25) is 0 Å². The number of hydrogen-bond acceptors (Lipinski definition) is 5. The van der Waals surface area contributed by atoms with Crippen molar-refractivity contribution in [1.29, 1.82) is 0 Å². The van der Waals surface area contributed by atoms with Crippen molar-refractivity contribution in [2.75, 3.05) is 5.32 Å². The second-order valence-electron chi connectivity index (χ2n) is 10.7. The van der Waals surface area contributed by atoms with Gasteiger partial charge in [0.25, 0.3) is 0 Å². The van der Waals surface area contributed by atoms with Gasteiger partial charge in [0.05, 0.1) is 45.9 Å². The first-order valence-corrected chi connectivity index (χ1v) is 14.4. The summed E-state index contributed by atoms with van der Waals surface area (Å²) in [5.41, 5.74) is 4.08. The number of amides is 1. The molecule has 2 aromatic heterocycles. The first-order chi connectivity index (χ1) is 19.2. The van der Waals surface area contributed by atoms with E-state index in [4.69, 9.17) is 4.74 Å². The highest BCUT2D eigenvalue weighted by Gasteiger charge is 2.16. The van der Waals surface area contributed by atoms with Gasteiger partial charge in [-0.1, -0.05) is 42.5 Å². The Hall–Kier alpha value is -4.30. The molecule has 0 unspecified atom stereocenters. The standard InChI is InChI=1S/C32H32N4O3S/c1-22-16-24(17-31(37)35-25-19-34-36(20-25)32(2,3)4)10-13-29(22)39-30-14-15-33-28-12-11-26(18-27(28)30)40(38)21-23-8-6-5-7-9-23/h5-16,18-20H,17,21H2,1-4H3,(H,35,37)/t40-/m1/s1. The highest BCUT2D eigenvalue weighted by atomic mass is 32.2. The first-order valence-electron chi connectivity index (χ1n) is 13.1. The van der Waals surface area contributed by atoms with Crippen LogP contribution in [0, 0.1) is 6.92 Å². The van der Waals surface area contributed by atoms with Crippen molar-refractivity contribution in [1.82, 2.24) is 14.8 Å². The Morgan fingerprint density at radius 3 is 2.50 bits per heavy atom. The van der Waals surface area contributed by atoms with Crippen LogP contribution in [0.15, 0.2) is 96.3 Å². The molecule has 1 atom stereocenters. The third-order valence-electron chi connectivity index (χ3n) is 6.45. The van der Waals surface area contributed by atoms with Crippen molar-refractivity contribution in [3.63, 3.8) is 0 Å². The molecule has 5 rings (SSSR count). The van der Waals surface area contributed by atoms with E-state index in [1.54, 1.807) is 12.4 Å². The number of anilines is 1. The van der Waals surface area contributed by atoms with Gasteiger partial charge >= 0.3 is 0 Å². The maximum absolute atomic E-state index is 13.1. The summed E-state index contributed by atoms with van der Waals surface area (Å²) in [6.07, 6.45) is 5.43. The summed E-state index contributed by atoms with van der Waals surface area (Å²) in [5, 5.41) is 8.05. The Morgan fingerprint density at radius 1 is 0.975 bits per heavy atom. The van der Waals surface area contributed by atoms with Crippen LogP contribution in [-0.4, -0.2) is 24.9 Å². The zero-order valence-corrected chi connectivity index (χ0v) is 23.9. The summed E-state index contributed by atoms with van der Waals surface area (Å²) in [5.74, 6) is 1.64. The fourth-order valence-electron chi connectivity index (χ4n) is 4.34. The molecular weight excluding hydrogens is 520 g/mol. The molecule has 0 aliphatic carbocycles. The summed E-state index contributed by atoms with van der Waals surface area (Å²) in [6.45, 7) is 8.11. The number of ether oxygens (including phenoxy) is 1. The molecule has 0 radical (unpaired) electrons. The topological polar surface area (TPSA) is 86.1 Å². The van der Waals surface area contributed by atoms with Crippen LogP contribution in [0.3, 0.4) is 0 Å². The highest BCUT2D eigenvalue weighted by Crippen LogP contribution is 2.32. The summed E-state index contributed by atoms with van der Waals surface area (Å²) < 4.78 is 21.2. The molecule has 0 fully saturated rings. The Labute approximate surface area is 236 Å². The van der Waals surface area contributed by atoms with Crippen LogP contribution >= 0.6 is 0 Å². The van der Waals surface area contributed by atoms with Crippen molar-refractivity contribution in [3.05, 3.63) is 108 Å².